The van der Waals surface area contributed by atoms with E-state index in [2.05, 4.69) is 25.5 Å². The highest BCUT2D eigenvalue weighted by molar-refractivity contribution is 7.99. The van der Waals surface area contributed by atoms with Crippen molar-refractivity contribution >= 4 is 28.7 Å². The second-order valence-corrected chi connectivity index (χ2v) is 7.46. The van der Waals surface area contributed by atoms with Crippen molar-refractivity contribution in [2.75, 3.05) is 12.3 Å². The van der Waals surface area contributed by atoms with E-state index in [1.165, 1.54) is 17.3 Å². The molecule has 0 aliphatic rings. The zero-order valence-electron chi connectivity index (χ0n) is 15.8. The van der Waals surface area contributed by atoms with Crippen molar-refractivity contribution in [3.05, 3.63) is 71.9 Å². The third kappa shape index (κ3) is 5.45. The molecule has 0 unspecified atom stereocenters. The molecule has 2 aromatic heterocycles. The number of hydrogen-bond acceptors (Lipinski definition) is 6. The van der Waals surface area contributed by atoms with Crippen LogP contribution in [0, 0.1) is 0 Å². The fourth-order valence-electron chi connectivity index (χ4n) is 2.92. The molecule has 0 saturated carbocycles. The first kappa shape index (κ1) is 19.2. The summed E-state index contributed by atoms with van der Waals surface area (Å²) in [7, 11) is 0. The predicted molar refractivity (Wildman–Crippen MR) is 112 cm³/mol. The molecule has 0 atom stereocenters. The molecule has 29 heavy (non-hydrogen) atoms. The molecule has 8 heteroatoms. The lowest BCUT2D eigenvalue weighted by molar-refractivity contribution is -0.118. The molecule has 0 saturated heterocycles. The Morgan fingerprint density at radius 1 is 1.00 bits per heavy atom. The van der Waals surface area contributed by atoms with E-state index in [4.69, 9.17) is 4.42 Å². The van der Waals surface area contributed by atoms with Crippen molar-refractivity contribution in [2.45, 2.75) is 24.5 Å². The largest absolute Gasteiger partial charge is 0.416 e. The lowest BCUT2D eigenvalue weighted by Crippen LogP contribution is -2.27. The molecular weight excluding hydrogens is 386 g/mol. The van der Waals surface area contributed by atoms with Crippen molar-refractivity contribution in [3.63, 3.8) is 0 Å². The summed E-state index contributed by atoms with van der Waals surface area (Å²) in [5.41, 5.74) is 3.16. The SMILES string of the molecule is O=C(CSc1nnc(CCc2nc3ccccc3[nH]2)o1)NCCc1ccccc1. The van der Waals surface area contributed by atoms with Crippen LogP contribution in [-0.4, -0.2) is 38.4 Å². The number of rotatable bonds is 9. The van der Waals surface area contributed by atoms with E-state index in [1.807, 2.05) is 54.6 Å². The minimum absolute atomic E-state index is 0.0482. The summed E-state index contributed by atoms with van der Waals surface area (Å²) in [5, 5.41) is 11.4. The Morgan fingerprint density at radius 2 is 1.83 bits per heavy atom. The van der Waals surface area contributed by atoms with Gasteiger partial charge in [0.1, 0.15) is 5.82 Å². The van der Waals surface area contributed by atoms with Crippen molar-refractivity contribution in [2.24, 2.45) is 0 Å². The number of amides is 1. The lowest BCUT2D eigenvalue weighted by Gasteiger charge is -2.04. The fraction of sp³-hybridized carbons (Fsp3) is 0.238. The van der Waals surface area contributed by atoms with Gasteiger partial charge in [-0.1, -0.05) is 54.2 Å². The Hall–Kier alpha value is -3.13. The van der Waals surface area contributed by atoms with Gasteiger partial charge in [-0.3, -0.25) is 4.79 Å². The zero-order valence-corrected chi connectivity index (χ0v) is 16.6. The Balaban J connectivity index is 1.19. The Labute approximate surface area is 172 Å². The minimum atomic E-state index is -0.0482. The molecule has 4 aromatic rings. The summed E-state index contributed by atoms with van der Waals surface area (Å²) in [6.45, 7) is 0.607. The quantitative estimate of drug-likeness (QED) is 0.414. The maximum atomic E-state index is 12.0. The van der Waals surface area contributed by atoms with Gasteiger partial charge in [0, 0.05) is 19.4 Å². The summed E-state index contributed by atoms with van der Waals surface area (Å²) in [4.78, 5) is 19.8. The number of para-hydroxylation sites is 2. The van der Waals surface area contributed by atoms with E-state index in [-0.39, 0.29) is 11.7 Å². The van der Waals surface area contributed by atoms with Crippen molar-refractivity contribution < 1.29 is 9.21 Å². The second kappa shape index (κ2) is 9.38. The van der Waals surface area contributed by atoms with Crippen LogP contribution in [0.1, 0.15) is 17.3 Å². The highest BCUT2D eigenvalue weighted by Crippen LogP contribution is 2.17. The number of nitrogens with one attached hydrogen (secondary N) is 2. The summed E-state index contributed by atoms with van der Waals surface area (Å²) in [5.74, 6) is 1.63. The Morgan fingerprint density at radius 3 is 2.69 bits per heavy atom. The van der Waals surface area contributed by atoms with E-state index in [0.717, 1.165) is 23.3 Å². The van der Waals surface area contributed by atoms with Gasteiger partial charge in [0.25, 0.3) is 5.22 Å². The standard InChI is InChI=1S/C21H21N5O2S/c27-19(22-13-12-15-6-2-1-3-7-15)14-29-21-26-25-20(28-21)11-10-18-23-16-8-4-5-9-17(16)24-18/h1-9H,10-14H2,(H,22,27)(H,23,24). The first-order chi connectivity index (χ1) is 14.3. The number of thioether (sulfide) groups is 1. The molecule has 0 bridgehead atoms. The van der Waals surface area contributed by atoms with E-state index in [1.54, 1.807) is 0 Å². The van der Waals surface area contributed by atoms with Crippen LogP contribution in [0.4, 0.5) is 0 Å². The number of aromatic nitrogens is 4. The lowest BCUT2D eigenvalue weighted by atomic mass is 10.1. The van der Waals surface area contributed by atoms with Gasteiger partial charge in [0.05, 0.1) is 16.8 Å². The van der Waals surface area contributed by atoms with Crippen LogP contribution in [0.5, 0.6) is 0 Å². The van der Waals surface area contributed by atoms with Gasteiger partial charge in [-0.05, 0) is 24.1 Å². The average molecular weight is 407 g/mol. The van der Waals surface area contributed by atoms with Crippen molar-refractivity contribution in [1.82, 2.24) is 25.5 Å². The van der Waals surface area contributed by atoms with Crippen LogP contribution >= 0.6 is 11.8 Å². The molecule has 0 fully saturated rings. The molecule has 0 spiro atoms. The maximum absolute atomic E-state index is 12.0. The average Bonchev–Trinajstić information content (AvgIpc) is 3.38. The first-order valence-electron chi connectivity index (χ1n) is 9.46. The minimum Gasteiger partial charge on any atom is -0.416 e. The van der Waals surface area contributed by atoms with E-state index >= 15 is 0 Å². The van der Waals surface area contributed by atoms with Crippen LogP contribution < -0.4 is 5.32 Å². The highest BCUT2D eigenvalue weighted by Gasteiger charge is 2.11. The molecule has 4 rings (SSSR count). The van der Waals surface area contributed by atoms with Gasteiger partial charge in [0.2, 0.25) is 11.8 Å². The topological polar surface area (TPSA) is 96.7 Å². The number of fused-ring (bicyclic) bond motifs is 1. The molecule has 2 heterocycles. The number of nitrogens with zero attached hydrogens (tertiary/aromatic N) is 3. The number of aryl methyl sites for hydroxylation is 2. The van der Waals surface area contributed by atoms with Crippen molar-refractivity contribution in [3.8, 4) is 0 Å². The van der Waals surface area contributed by atoms with Crippen molar-refractivity contribution in [1.29, 1.82) is 0 Å². The molecule has 148 valence electrons. The molecule has 1 amide bonds. The Bertz CT molecular complexity index is 1040. The monoisotopic (exact) mass is 407 g/mol. The van der Waals surface area contributed by atoms with E-state index in [9.17, 15) is 4.79 Å². The third-order valence-corrected chi connectivity index (χ3v) is 5.19. The molecule has 2 aromatic carbocycles. The number of carbonyl (C=O) groups excluding carboxylic acids is 1. The van der Waals surface area contributed by atoms with Gasteiger partial charge in [-0.25, -0.2) is 4.98 Å². The molecule has 7 nitrogen and oxygen atoms in total. The smallest absolute Gasteiger partial charge is 0.277 e. The molecule has 0 radical (unpaired) electrons. The maximum Gasteiger partial charge on any atom is 0.277 e. The number of aromatic amines is 1. The van der Waals surface area contributed by atoms with Gasteiger partial charge in [-0.15, -0.1) is 10.2 Å². The van der Waals surface area contributed by atoms with Gasteiger partial charge >= 0.3 is 0 Å². The molecule has 2 N–H and O–H groups in total. The summed E-state index contributed by atoms with van der Waals surface area (Å²) in [6.07, 6.45) is 2.08. The first-order valence-corrected chi connectivity index (χ1v) is 10.4. The van der Waals surface area contributed by atoms with Crippen LogP contribution in [0.25, 0.3) is 11.0 Å². The van der Waals surface area contributed by atoms with Crippen LogP contribution in [-0.2, 0) is 24.1 Å². The van der Waals surface area contributed by atoms with Gasteiger partial charge in [-0.2, -0.15) is 0 Å². The predicted octanol–water partition coefficient (Wildman–Crippen LogP) is 3.18. The van der Waals surface area contributed by atoms with Crippen LogP contribution in [0.2, 0.25) is 0 Å². The number of benzene rings is 2. The molecule has 0 aliphatic heterocycles. The van der Waals surface area contributed by atoms with Gasteiger partial charge in [0.15, 0.2) is 0 Å². The van der Waals surface area contributed by atoms with Gasteiger partial charge < -0.3 is 14.7 Å². The van der Waals surface area contributed by atoms with Crippen LogP contribution in [0.15, 0.2) is 64.2 Å². The van der Waals surface area contributed by atoms with E-state index < -0.39 is 0 Å². The highest BCUT2D eigenvalue weighted by atomic mass is 32.2. The van der Waals surface area contributed by atoms with E-state index in [0.29, 0.717) is 30.5 Å². The normalized spacial score (nSPS) is 11.0. The summed E-state index contributed by atoms with van der Waals surface area (Å²) >= 11 is 1.25. The summed E-state index contributed by atoms with van der Waals surface area (Å²) in [6, 6.07) is 18.0. The van der Waals surface area contributed by atoms with Crippen LogP contribution in [0.3, 0.4) is 0 Å². The Kier molecular flexibility index (Phi) is 6.21. The number of carbonyl (C=O) groups is 1. The summed E-state index contributed by atoms with van der Waals surface area (Å²) < 4.78 is 5.62. The zero-order chi connectivity index (χ0) is 19.9. The number of H-pyrrole nitrogens is 1. The third-order valence-electron chi connectivity index (χ3n) is 4.37. The molecular formula is C21H21N5O2S. The molecule has 0 aliphatic carbocycles. The number of hydrogen-bond donors (Lipinski definition) is 2. The second-order valence-electron chi connectivity index (χ2n) is 6.54. The fourth-order valence-corrected chi connectivity index (χ4v) is 3.53. The number of imidazole rings is 1.